The maximum Gasteiger partial charge on any atom is 0.123 e. The first-order chi connectivity index (χ1) is 8.09. The van der Waals surface area contributed by atoms with E-state index < -0.39 is 9.73 Å². The Kier molecular flexibility index (Phi) is 5.58. The third kappa shape index (κ3) is 4.83. The maximum absolute atomic E-state index is 12.8. The Balaban J connectivity index is 2.87. The van der Waals surface area contributed by atoms with Crippen LogP contribution in [0.25, 0.3) is 0 Å². The van der Waals surface area contributed by atoms with Crippen LogP contribution in [0, 0.1) is 5.82 Å². The van der Waals surface area contributed by atoms with Crippen molar-refractivity contribution in [2.45, 2.75) is 19.1 Å². The molecular formula is C12H19FN2OS. The normalized spacial score (nSPS) is 14.3. The highest BCUT2D eigenvalue weighted by atomic mass is 32.2. The molecule has 1 aromatic carbocycles. The molecule has 0 heterocycles. The average molecular weight is 258 g/mol. The van der Waals surface area contributed by atoms with Crippen molar-refractivity contribution in [3.63, 3.8) is 0 Å². The van der Waals surface area contributed by atoms with Crippen LogP contribution < -0.4 is 5.73 Å². The standard InChI is InChI=1S/C12H19FN2OS/c1-2-8-15-17(16,9-7-14)10-11-3-5-12(13)6-4-11/h3-6H,2,7-10,14H2,1H3. The van der Waals surface area contributed by atoms with Gasteiger partial charge in [0.05, 0.1) is 15.5 Å². The van der Waals surface area contributed by atoms with Crippen LogP contribution in [-0.4, -0.2) is 23.1 Å². The summed E-state index contributed by atoms with van der Waals surface area (Å²) in [6.45, 7) is 2.93. The second kappa shape index (κ2) is 6.71. The van der Waals surface area contributed by atoms with E-state index >= 15 is 0 Å². The van der Waals surface area contributed by atoms with Gasteiger partial charge < -0.3 is 5.73 Å². The average Bonchev–Trinajstić information content (AvgIpc) is 2.30. The second-order valence-corrected chi connectivity index (χ2v) is 6.39. The smallest absolute Gasteiger partial charge is 0.123 e. The topological polar surface area (TPSA) is 55.5 Å². The molecule has 0 aliphatic rings. The molecule has 0 spiro atoms. The summed E-state index contributed by atoms with van der Waals surface area (Å²) >= 11 is 0. The van der Waals surface area contributed by atoms with Gasteiger partial charge >= 0.3 is 0 Å². The quantitative estimate of drug-likeness (QED) is 0.850. The van der Waals surface area contributed by atoms with E-state index in [0.29, 0.717) is 24.6 Å². The summed E-state index contributed by atoms with van der Waals surface area (Å²) in [5, 5.41) is 0. The minimum atomic E-state index is -2.29. The molecule has 0 saturated carbocycles. The molecule has 1 atom stereocenters. The van der Waals surface area contributed by atoms with Crippen molar-refractivity contribution in [1.29, 1.82) is 0 Å². The lowest BCUT2D eigenvalue weighted by Gasteiger charge is -2.09. The molecule has 3 nitrogen and oxygen atoms in total. The van der Waals surface area contributed by atoms with Crippen LogP contribution in [0.3, 0.4) is 0 Å². The molecule has 1 unspecified atom stereocenters. The fraction of sp³-hybridized carbons (Fsp3) is 0.500. The molecule has 0 saturated heterocycles. The van der Waals surface area contributed by atoms with Crippen LogP contribution >= 0.6 is 0 Å². The van der Waals surface area contributed by atoms with Crippen molar-refractivity contribution in [2.24, 2.45) is 10.1 Å². The third-order valence-electron chi connectivity index (χ3n) is 2.29. The van der Waals surface area contributed by atoms with E-state index in [9.17, 15) is 8.60 Å². The number of nitrogens with two attached hydrogens (primary N) is 1. The van der Waals surface area contributed by atoms with Crippen molar-refractivity contribution in [3.8, 4) is 0 Å². The van der Waals surface area contributed by atoms with Crippen molar-refractivity contribution < 1.29 is 8.60 Å². The Morgan fingerprint density at radius 3 is 2.53 bits per heavy atom. The predicted molar refractivity (Wildman–Crippen MR) is 69.8 cm³/mol. The molecular weight excluding hydrogens is 239 g/mol. The lowest BCUT2D eigenvalue weighted by molar-refractivity contribution is 0.627. The molecule has 0 aliphatic heterocycles. The van der Waals surface area contributed by atoms with E-state index in [-0.39, 0.29) is 5.82 Å². The first kappa shape index (κ1) is 14.1. The molecule has 17 heavy (non-hydrogen) atoms. The summed E-state index contributed by atoms with van der Waals surface area (Å²) in [4.78, 5) is 0. The highest BCUT2D eigenvalue weighted by Gasteiger charge is 2.09. The third-order valence-corrected chi connectivity index (χ3v) is 4.60. The minimum Gasteiger partial charge on any atom is -0.330 e. The van der Waals surface area contributed by atoms with Gasteiger partial charge in [0.25, 0.3) is 0 Å². The molecule has 5 heteroatoms. The van der Waals surface area contributed by atoms with Gasteiger partial charge in [-0.05, 0) is 24.1 Å². The van der Waals surface area contributed by atoms with Crippen LogP contribution in [0.15, 0.2) is 28.6 Å². The van der Waals surface area contributed by atoms with Crippen molar-refractivity contribution in [3.05, 3.63) is 35.6 Å². The molecule has 0 aliphatic carbocycles. The SMILES string of the molecule is CCCN=S(=O)(CCN)Cc1ccc(F)cc1. The Morgan fingerprint density at radius 1 is 1.35 bits per heavy atom. The van der Waals surface area contributed by atoms with E-state index in [4.69, 9.17) is 5.73 Å². The van der Waals surface area contributed by atoms with Crippen LogP contribution in [0.2, 0.25) is 0 Å². The number of rotatable bonds is 6. The molecule has 96 valence electrons. The summed E-state index contributed by atoms with van der Waals surface area (Å²) in [7, 11) is -2.29. The van der Waals surface area contributed by atoms with Gasteiger partial charge in [-0.25, -0.2) is 13.0 Å². The van der Waals surface area contributed by atoms with Gasteiger partial charge in [-0.15, -0.1) is 0 Å². The largest absolute Gasteiger partial charge is 0.330 e. The lowest BCUT2D eigenvalue weighted by Crippen LogP contribution is -2.17. The molecule has 0 aromatic heterocycles. The zero-order valence-corrected chi connectivity index (χ0v) is 10.9. The molecule has 1 aromatic rings. The summed E-state index contributed by atoms with van der Waals surface area (Å²) in [6, 6.07) is 6.04. The Hall–Kier alpha value is -0.940. The zero-order chi connectivity index (χ0) is 12.7. The van der Waals surface area contributed by atoms with Gasteiger partial charge in [-0.3, -0.25) is 0 Å². The van der Waals surface area contributed by atoms with Gasteiger partial charge in [0, 0.05) is 18.8 Å². The van der Waals surface area contributed by atoms with Crippen molar-refractivity contribution >= 4 is 9.73 Å². The molecule has 0 radical (unpaired) electrons. The Morgan fingerprint density at radius 2 is 2.00 bits per heavy atom. The monoisotopic (exact) mass is 258 g/mol. The first-order valence-electron chi connectivity index (χ1n) is 5.72. The number of benzene rings is 1. The highest BCUT2D eigenvalue weighted by Crippen LogP contribution is 2.10. The van der Waals surface area contributed by atoms with E-state index in [0.717, 1.165) is 12.0 Å². The van der Waals surface area contributed by atoms with Crippen LogP contribution in [0.4, 0.5) is 4.39 Å². The molecule has 0 bridgehead atoms. The number of halogens is 1. The fourth-order valence-corrected chi connectivity index (χ4v) is 3.43. The molecule has 0 amide bonds. The van der Waals surface area contributed by atoms with Gasteiger partial charge in [0.15, 0.2) is 0 Å². The Bertz CT molecular complexity index is 450. The van der Waals surface area contributed by atoms with Gasteiger partial charge in [0.2, 0.25) is 0 Å². The van der Waals surface area contributed by atoms with Crippen molar-refractivity contribution in [1.82, 2.24) is 0 Å². The summed E-state index contributed by atoms with van der Waals surface area (Å²) in [5.74, 6) is 0.457. The maximum atomic E-state index is 12.8. The lowest BCUT2D eigenvalue weighted by atomic mass is 10.2. The van der Waals surface area contributed by atoms with E-state index in [1.165, 1.54) is 12.1 Å². The second-order valence-electron chi connectivity index (χ2n) is 3.89. The van der Waals surface area contributed by atoms with Crippen LogP contribution in [-0.2, 0) is 15.5 Å². The van der Waals surface area contributed by atoms with Crippen molar-refractivity contribution in [2.75, 3.05) is 18.8 Å². The van der Waals surface area contributed by atoms with Crippen LogP contribution in [0.5, 0.6) is 0 Å². The predicted octanol–water partition coefficient (Wildman–Crippen LogP) is 2.16. The molecule has 1 rings (SSSR count). The van der Waals surface area contributed by atoms with Gasteiger partial charge in [-0.2, -0.15) is 0 Å². The molecule has 0 fully saturated rings. The van der Waals surface area contributed by atoms with Gasteiger partial charge in [-0.1, -0.05) is 19.1 Å². The number of hydrogen-bond acceptors (Lipinski definition) is 3. The number of nitrogens with zero attached hydrogens (tertiary/aromatic N) is 1. The molecule has 2 N–H and O–H groups in total. The summed E-state index contributed by atoms with van der Waals surface area (Å²) < 4.78 is 29.4. The van der Waals surface area contributed by atoms with Crippen LogP contribution in [0.1, 0.15) is 18.9 Å². The van der Waals surface area contributed by atoms with E-state index in [2.05, 4.69) is 4.36 Å². The summed E-state index contributed by atoms with van der Waals surface area (Å²) in [6.07, 6.45) is 0.866. The van der Waals surface area contributed by atoms with Gasteiger partial charge in [0.1, 0.15) is 5.82 Å². The highest BCUT2D eigenvalue weighted by molar-refractivity contribution is 7.92. The fourth-order valence-electron chi connectivity index (χ4n) is 1.47. The zero-order valence-electron chi connectivity index (χ0n) is 10.1. The number of hydrogen-bond donors (Lipinski definition) is 1. The summed E-state index contributed by atoms with van der Waals surface area (Å²) in [5.41, 5.74) is 6.30. The Labute approximate surface area is 102 Å². The van der Waals surface area contributed by atoms with E-state index in [1.54, 1.807) is 12.1 Å². The van der Waals surface area contributed by atoms with E-state index in [1.807, 2.05) is 6.92 Å². The minimum absolute atomic E-state index is 0.287. The first-order valence-corrected chi connectivity index (χ1v) is 7.58.